The zero-order valence-corrected chi connectivity index (χ0v) is 11.7. The molecule has 0 radical (unpaired) electrons. The molecule has 0 aliphatic carbocycles. The molecule has 3 rings (SSSR count). The molecule has 2 saturated heterocycles. The second-order valence-corrected chi connectivity index (χ2v) is 5.76. The third kappa shape index (κ3) is 2.53. The summed E-state index contributed by atoms with van der Waals surface area (Å²) in [6.07, 6.45) is 2.08. The van der Waals surface area contributed by atoms with Crippen LogP contribution < -0.4 is 11.1 Å². The predicted octanol–water partition coefficient (Wildman–Crippen LogP) is 0.715. The fraction of sp³-hybridized carbons (Fsp3) is 0.467. The number of nitrogens with zero attached hydrogens (tertiary/aromatic N) is 1. The number of benzene rings is 1. The quantitative estimate of drug-likeness (QED) is 0.524. The second-order valence-electron chi connectivity index (χ2n) is 5.76. The Morgan fingerprint density at radius 3 is 3.00 bits per heavy atom. The first-order valence-corrected chi connectivity index (χ1v) is 7.22. The molecular weight excluding hydrogens is 270 g/mol. The van der Waals surface area contributed by atoms with E-state index in [1.54, 1.807) is 23.1 Å². The van der Waals surface area contributed by atoms with Gasteiger partial charge in [0.2, 0.25) is 5.91 Å². The largest absolute Gasteiger partial charge is 0.505 e. The number of likely N-dealkylation sites (tertiary alicyclic amines) is 1. The Morgan fingerprint density at radius 1 is 1.38 bits per heavy atom. The van der Waals surface area contributed by atoms with Crippen molar-refractivity contribution in [2.45, 2.75) is 25.3 Å². The summed E-state index contributed by atoms with van der Waals surface area (Å²) in [5, 5.41) is 12.9. The lowest BCUT2D eigenvalue weighted by atomic mass is 9.85. The van der Waals surface area contributed by atoms with Crippen LogP contribution in [-0.4, -0.2) is 41.0 Å². The maximum Gasteiger partial charge on any atom is 0.257 e. The third-order valence-corrected chi connectivity index (χ3v) is 4.41. The van der Waals surface area contributed by atoms with Crippen LogP contribution >= 0.6 is 0 Å². The molecule has 4 N–H and O–H groups in total. The first-order chi connectivity index (χ1) is 10.1. The molecule has 2 aliphatic heterocycles. The number of phenols is 1. The van der Waals surface area contributed by atoms with Gasteiger partial charge in [0.05, 0.1) is 11.3 Å². The molecule has 21 heavy (non-hydrogen) atoms. The molecule has 1 aromatic rings. The summed E-state index contributed by atoms with van der Waals surface area (Å²) in [6, 6.07) is 4.98. The Kier molecular flexibility index (Phi) is 3.45. The molecule has 1 aromatic carbocycles. The molecule has 2 fully saturated rings. The third-order valence-electron chi connectivity index (χ3n) is 4.41. The van der Waals surface area contributed by atoms with Gasteiger partial charge in [-0.15, -0.1) is 0 Å². The number of hydrogen-bond donors (Lipinski definition) is 3. The van der Waals surface area contributed by atoms with E-state index in [0.29, 0.717) is 25.4 Å². The van der Waals surface area contributed by atoms with Crippen LogP contribution in [-0.2, 0) is 4.79 Å². The van der Waals surface area contributed by atoms with Gasteiger partial charge in [-0.2, -0.15) is 0 Å². The SMILES string of the molecule is Nc1cccc(C(=O)N2CCC3NC(=O)CCC3C2)c1O. The summed E-state index contributed by atoms with van der Waals surface area (Å²) in [7, 11) is 0. The van der Waals surface area contributed by atoms with Crippen LogP contribution in [0.5, 0.6) is 5.75 Å². The van der Waals surface area contributed by atoms with E-state index in [9.17, 15) is 14.7 Å². The Bertz CT molecular complexity index is 588. The van der Waals surface area contributed by atoms with Crippen LogP contribution in [0.1, 0.15) is 29.6 Å². The van der Waals surface area contributed by atoms with Crippen molar-refractivity contribution in [2.24, 2.45) is 5.92 Å². The maximum absolute atomic E-state index is 12.5. The van der Waals surface area contributed by atoms with Gasteiger partial charge >= 0.3 is 0 Å². The lowest BCUT2D eigenvalue weighted by Crippen LogP contribution is -2.55. The van der Waals surface area contributed by atoms with Gasteiger partial charge in [0.1, 0.15) is 0 Å². The first-order valence-electron chi connectivity index (χ1n) is 7.22. The minimum absolute atomic E-state index is 0.101. The highest BCUT2D eigenvalue weighted by molar-refractivity contribution is 5.98. The van der Waals surface area contributed by atoms with Gasteiger partial charge in [0.15, 0.2) is 5.75 Å². The van der Waals surface area contributed by atoms with Crippen LogP contribution in [0.4, 0.5) is 5.69 Å². The molecule has 6 nitrogen and oxygen atoms in total. The smallest absolute Gasteiger partial charge is 0.257 e. The molecular formula is C15H19N3O3. The van der Waals surface area contributed by atoms with Gasteiger partial charge in [-0.3, -0.25) is 9.59 Å². The number of nitrogens with one attached hydrogen (secondary N) is 1. The normalized spacial score (nSPS) is 25.1. The number of hydrogen-bond acceptors (Lipinski definition) is 4. The van der Waals surface area contributed by atoms with Gasteiger partial charge < -0.3 is 21.1 Å². The zero-order valence-electron chi connectivity index (χ0n) is 11.7. The van der Waals surface area contributed by atoms with E-state index >= 15 is 0 Å². The number of amides is 2. The number of carbonyl (C=O) groups is 2. The summed E-state index contributed by atoms with van der Waals surface area (Å²) >= 11 is 0. The molecule has 2 aliphatic rings. The molecule has 2 unspecified atom stereocenters. The number of fused-ring (bicyclic) bond motifs is 1. The molecule has 2 amide bonds. The fourth-order valence-electron chi connectivity index (χ4n) is 3.20. The van der Waals surface area contributed by atoms with Gasteiger partial charge in [0.25, 0.3) is 5.91 Å². The second kappa shape index (κ2) is 5.27. The molecule has 0 spiro atoms. The molecule has 112 valence electrons. The number of piperidine rings is 2. The van der Waals surface area contributed by atoms with Crippen molar-refractivity contribution < 1.29 is 14.7 Å². The summed E-state index contributed by atoms with van der Waals surface area (Å²) in [4.78, 5) is 25.7. The van der Waals surface area contributed by atoms with Gasteiger partial charge in [-0.25, -0.2) is 0 Å². The van der Waals surface area contributed by atoms with Crippen molar-refractivity contribution in [3.63, 3.8) is 0 Å². The predicted molar refractivity (Wildman–Crippen MR) is 77.7 cm³/mol. The van der Waals surface area contributed by atoms with Crippen LogP contribution in [0.2, 0.25) is 0 Å². The molecule has 2 atom stereocenters. The van der Waals surface area contributed by atoms with Crippen LogP contribution in [0.3, 0.4) is 0 Å². The number of phenolic OH excluding ortho intramolecular Hbond substituents is 1. The number of rotatable bonds is 1. The standard InChI is InChI=1S/C15H19N3O3/c16-11-3-1-2-10(14(11)20)15(21)18-7-6-12-9(8-18)4-5-13(19)17-12/h1-3,9,12,20H,4-8,16H2,(H,17,19). The number of para-hydroxylation sites is 1. The Balaban J connectivity index is 1.75. The average molecular weight is 289 g/mol. The van der Waals surface area contributed by atoms with Gasteiger partial charge in [-0.1, -0.05) is 6.07 Å². The highest BCUT2D eigenvalue weighted by Gasteiger charge is 2.35. The summed E-state index contributed by atoms with van der Waals surface area (Å²) in [5.41, 5.74) is 6.09. The van der Waals surface area contributed by atoms with Crippen LogP contribution in [0.25, 0.3) is 0 Å². The molecule has 0 saturated carbocycles. The number of nitrogen functional groups attached to an aromatic ring is 1. The summed E-state index contributed by atoms with van der Waals surface area (Å²) in [6.45, 7) is 1.19. The number of carbonyl (C=O) groups excluding carboxylic acids is 2. The van der Waals surface area contributed by atoms with Gasteiger partial charge in [0, 0.05) is 25.6 Å². The van der Waals surface area contributed by atoms with Crippen LogP contribution in [0, 0.1) is 5.92 Å². The van der Waals surface area contributed by atoms with E-state index in [4.69, 9.17) is 5.73 Å². The van der Waals surface area contributed by atoms with E-state index < -0.39 is 0 Å². The Hall–Kier alpha value is -2.24. The van der Waals surface area contributed by atoms with E-state index in [1.165, 1.54) is 0 Å². The number of nitrogens with two attached hydrogens (primary N) is 1. The van der Waals surface area contributed by atoms with Gasteiger partial charge in [-0.05, 0) is 30.9 Å². The summed E-state index contributed by atoms with van der Waals surface area (Å²) in [5.74, 6) is 0.0461. The highest BCUT2D eigenvalue weighted by Crippen LogP contribution is 2.29. The Labute approximate surface area is 122 Å². The lowest BCUT2D eigenvalue weighted by Gasteiger charge is -2.41. The van der Waals surface area contributed by atoms with Crippen molar-refractivity contribution in [1.29, 1.82) is 0 Å². The maximum atomic E-state index is 12.5. The molecule has 0 aromatic heterocycles. The van der Waals surface area contributed by atoms with Crippen molar-refractivity contribution in [1.82, 2.24) is 10.2 Å². The van der Waals surface area contributed by atoms with Crippen molar-refractivity contribution in [2.75, 3.05) is 18.8 Å². The molecule has 2 heterocycles. The van der Waals surface area contributed by atoms with E-state index in [1.807, 2.05) is 0 Å². The zero-order chi connectivity index (χ0) is 15.0. The van der Waals surface area contributed by atoms with E-state index in [2.05, 4.69) is 5.32 Å². The Morgan fingerprint density at radius 2 is 2.19 bits per heavy atom. The topological polar surface area (TPSA) is 95.7 Å². The van der Waals surface area contributed by atoms with Crippen molar-refractivity contribution in [3.8, 4) is 5.75 Å². The molecule has 6 heteroatoms. The highest BCUT2D eigenvalue weighted by atomic mass is 16.3. The lowest BCUT2D eigenvalue weighted by molar-refractivity contribution is -0.125. The first kappa shape index (κ1) is 13.7. The van der Waals surface area contributed by atoms with E-state index in [0.717, 1.165) is 12.8 Å². The monoisotopic (exact) mass is 289 g/mol. The minimum Gasteiger partial charge on any atom is -0.505 e. The number of anilines is 1. The van der Waals surface area contributed by atoms with Crippen LogP contribution in [0.15, 0.2) is 18.2 Å². The fourth-order valence-corrected chi connectivity index (χ4v) is 3.20. The average Bonchev–Trinajstić information content (AvgIpc) is 2.49. The number of aromatic hydroxyl groups is 1. The van der Waals surface area contributed by atoms with Crippen molar-refractivity contribution in [3.05, 3.63) is 23.8 Å². The van der Waals surface area contributed by atoms with Crippen molar-refractivity contribution >= 4 is 17.5 Å². The van der Waals surface area contributed by atoms with E-state index in [-0.39, 0.29) is 34.9 Å². The minimum atomic E-state index is -0.199. The summed E-state index contributed by atoms with van der Waals surface area (Å²) < 4.78 is 0. The molecule has 0 bridgehead atoms.